The zero-order valence-electron chi connectivity index (χ0n) is 15.1. The second kappa shape index (κ2) is 7.31. The second-order valence-corrected chi connectivity index (χ2v) is 10.4. The van der Waals surface area contributed by atoms with Crippen LogP contribution < -0.4 is 0 Å². The summed E-state index contributed by atoms with van der Waals surface area (Å²) < 4.78 is 66.9. The van der Waals surface area contributed by atoms with Gasteiger partial charge in [-0.3, -0.25) is 0 Å². The number of rotatable bonds is 4. The quantitative estimate of drug-likeness (QED) is 0.771. The largest absolute Gasteiger partial charge is 0.243 e. The SMILES string of the molecule is Cc1ccc(S(=O)(=O)N2CCN(S(=O)(=O)c3ccc(F)c(C)c3)CC2)cc1. The molecule has 9 heteroatoms. The van der Waals surface area contributed by atoms with Crippen LogP contribution in [0.4, 0.5) is 4.39 Å². The summed E-state index contributed by atoms with van der Waals surface area (Å²) in [5.74, 6) is -0.469. The third kappa shape index (κ3) is 3.91. The number of piperazine rings is 1. The Bertz CT molecular complexity index is 1040. The molecule has 2 aromatic rings. The van der Waals surface area contributed by atoms with Crippen LogP contribution in [0.3, 0.4) is 0 Å². The minimum absolute atomic E-state index is 0.0104. The van der Waals surface area contributed by atoms with Crippen LogP contribution in [-0.2, 0) is 20.0 Å². The molecule has 1 aliphatic heterocycles. The lowest BCUT2D eigenvalue weighted by Gasteiger charge is -2.33. The Balaban J connectivity index is 1.76. The van der Waals surface area contributed by atoms with Gasteiger partial charge >= 0.3 is 0 Å². The smallest absolute Gasteiger partial charge is 0.207 e. The summed E-state index contributed by atoms with van der Waals surface area (Å²) in [5.41, 5.74) is 1.20. The van der Waals surface area contributed by atoms with E-state index in [-0.39, 0.29) is 41.5 Å². The van der Waals surface area contributed by atoms with E-state index in [9.17, 15) is 21.2 Å². The molecule has 0 radical (unpaired) electrons. The van der Waals surface area contributed by atoms with Crippen molar-refractivity contribution in [3.63, 3.8) is 0 Å². The molecule has 0 N–H and O–H groups in total. The summed E-state index contributed by atoms with van der Waals surface area (Å²) in [6.45, 7) is 3.59. The highest BCUT2D eigenvalue weighted by atomic mass is 32.2. The van der Waals surface area contributed by atoms with Crippen LogP contribution in [0.5, 0.6) is 0 Å². The van der Waals surface area contributed by atoms with Crippen LogP contribution in [0.15, 0.2) is 52.3 Å². The molecule has 0 spiro atoms. The van der Waals surface area contributed by atoms with Gasteiger partial charge in [0.1, 0.15) is 5.82 Å². The number of nitrogens with zero attached hydrogens (tertiary/aromatic N) is 2. The molecule has 0 atom stereocenters. The molecule has 1 heterocycles. The molecular formula is C18H21FN2O4S2. The monoisotopic (exact) mass is 412 g/mol. The van der Waals surface area contributed by atoms with Crippen LogP contribution in [0.1, 0.15) is 11.1 Å². The summed E-state index contributed by atoms with van der Waals surface area (Å²) in [5, 5.41) is 0. The summed E-state index contributed by atoms with van der Waals surface area (Å²) in [6.07, 6.45) is 0. The van der Waals surface area contributed by atoms with Crippen molar-refractivity contribution in [3.8, 4) is 0 Å². The molecule has 1 aliphatic rings. The van der Waals surface area contributed by atoms with Crippen molar-refractivity contribution in [3.05, 3.63) is 59.4 Å². The molecule has 6 nitrogen and oxygen atoms in total. The van der Waals surface area contributed by atoms with Crippen LogP contribution in [0, 0.1) is 19.7 Å². The summed E-state index contributed by atoms with van der Waals surface area (Å²) >= 11 is 0. The standard InChI is InChI=1S/C18H21FN2O4S2/c1-14-3-5-16(6-4-14)26(22,23)20-9-11-21(12-10-20)27(24,25)17-7-8-18(19)15(2)13-17/h3-8,13H,9-12H2,1-2H3. The minimum atomic E-state index is -3.80. The number of benzene rings is 2. The van der Waals surface area contributed by atoms with Crippen LogP contribution >= 0.6 is 0 Å². The van der Waals surface area contributed by atoms with Crippen LogP contribution in [-0.4, -0.2) is 51.6 Å². The minimum Gasteiger partial charge on any atom is -0.207 e. The Morgan fingerprint density at radius 1 is 0.741 bits per heavy atom. The first-order valence-corrected chi connectivity index (χ1v) is 11.3. The van der Waals surface area contributed by atoms with E-state index in [1.807, 2.05) is 6.92 Å². The highest BCUT2D eigenvalue weighted by molar-refractivity contribution is 7.89. The normalized spacial score (nSPS) is 17.1. The van der Waals surface area contributed by atoms with Crippen molar-refractivity contribution < 1.29 is 21.2 Å². The Kier molecular flexibility index (Phi) is 5.40. The maximum Gasteiger partial charge on any atom is 0.243 e. The van der Waals surface area contributed by atoms with E-state index in [0.717, 1.165) is 11.6 Å². The lowest BCUT2D eigenvalue weighted by molar-refractivity contribution is 0.273. The molecule has 0 aromatic heterocycles. The fraction of sp³-hybridized carbons (Fsp3) is 0.333. The Morgan fingerprint density at radius 2 is 1.19 bits per heavy atom. The summed E-state index contributed by atoms with van der Waals surface area (Å²) in [4.78, 5) is 0.204. The number of aryl methyl sites for hydroxylation is 2. The molecular weight excluding hydrogens is 391 g/mol. The third-order valence-electron chi connectivity index (χ3n) is 4.62. The Hall–Kier alpha value is -1.81. The predicted molar refractivity (Wildman–Crippen MR) is 99.8 cm³/mol. The summed E-state index contributed by atoms with van der Waals surface area (Å²) in [6, 6.07) is 10.2. The van der Waals surface area contributed by atoms with Crippen molar-refractivity contribution in [2.45, 2.75) is 23.6 Å². The predicted octanol–water partition coefficient (Wildman–Crippen LogP) is 2.14. The Morgan fingerprint density at radius 3 is 1.67 bits per heavy atom. The molecule has 1 saturated heterocycles. The molecule has 0 aliphatic carbocycles. The van der Waals surface area contributed by atoms with Gasteiger partial charge in [-0.2, -0.15) is 8.61 Å². The van der Waals surface area contributed by atoms with E-state index < -0.39 is 25.9 Å². The summed E-state index contributed by atoms with van der Waals surface area (Å²) in [7, 11) is -7.46. The zero-order valence-corrected chi connectivity index (χ0v) is 16.7. The van der Waals surface area contributed by atoms with Gasteiger partial charge in [0.15, 0.2) is 0 Å². The maximum absolute atomic E-state index is 13.4. The lowest BCUT2D eigenvalue weighted by Crippen LogP contribution is -2.50. The first-order chi connectivity index (χ1) is 12.6. The molecule has 3 rings (SSSR count). The van der Waals surface area contributed by atoms with Gasteiger partial charge in [0.25, 0.3) is 0 Å². The average molecular weight is 413 g/mol. The van der Waals surface area contributed by atoms with Gasteiger partial charge in [-0.1, -0.05) is 17.7 Å². The van der Waals surface area contributed by atoms with Crippen molar-refractivity contribution in [2.24, 2.45) is 0 Å². The number of sulfonamides is 2. The fourth-order valence-corrected chi connectivity index (χ4v) is 5.87. The fourth-order valence-electron chi connectivity index (χ4n) is 2.94. The molecule has 0 amide bonds. The highest BCUT2D eigenvalue weighted by Gasteiger charge is 2.33. The van der Waals surface area contributed by atoms with E-state index in [0.29, 0.717) is 0 Å². The third-order valence-corrected chi connectivity index (χ3v) is 8.43. The van der Waals surface area contributed by atoms with Crippen LogP contribution in [0.25, 0.3) is 0 Å². The number of halogens is 1. The van der Waals surface area contributed by atoms with Crippen molar-refractivity contribution >= 4 is 20.0 Å². The molecule has 0 unspecified atom stereocenters. The van der Waals surface area contributed by atoms with Gasteiger partial charge in [-0.15, -0.1) is 0 Å². The lowest BCUT2D eigenvalue weighted by atomic mass is 10.2. The molecule has 2 aromatic carbocycles. The number of hydrogen-bond donors (Lipinski definition) is 0. The number of hydrogen-bond acceptors (Lipinski definition) is 4. The topological polar surface area (TPSA) is 74.8 Å². The van der Waals surface area contributed by atoms with E-state index in [4.69, 9.17) is 0 Å². The van der Waals surface area contributed by atoms with Crippen molar-refractivity contribution in [1.82, 2.24) is 8.61 Å². The zero-order chi connectivity index (χ0) is 19.8. The van der Waals surface area contributed by atoms with Crippen molar-refractivity contribution in [2.75, 3.05) is 26.2 Å². The average Bonchev–Trinajstić information content (AvgIpc) is 2.64. The van der Waals surface area contributed by atoms with Gasteiger partial charge in [-0.25, -0.2) is 21.2 Å². The highest BCUT2D eigenvalue weighted by Crippen LogP contribution is 2.23. The first kappa shape index (κ1) is 19.9. The maximum atomic E-state index is 13.4. The molecule has 27 heavy (non-hydrogen) atoms. The molecule has 0 saturated carbocycles. The Labute approximate surface area is 159 Å². The van der Waals surface area contributed by atoms with Crippen LogP contribution in [0.2, 0.25) is 0 Å². The van der Waals surface area contributed by atoms with Crippen molar-refractivity contribution in [1.29, 1.82) is 0 Å². The van der Waals surface area contributed by atoms with E-state index in [1.54, 1.807) is 24.3 Å². The van der Waals surface area contributed by atoms with Gasteiger partial charge < -0.3 is 0 Å². The molecule has 146 valence electrons. The van der Waals surface area contributed by atoms with Gasteiger partial charge in [0, 0.05) is 26.2 Å². The van der Waals surface area contributed by atoms with Gasteiger partial charge in [0.05, 0.1) is 9.79 Å². The van der Waals surface area contributed by atoms with E-state index >= 15 is 0 Å². The molecule has 0 bridgehead atoms. The van der Waals surface area contributed by atoms with E-state index in [2.05, 4.69) is 0 Å². The van der Waals surface area contributed by atoms with E-state index in [1.165, 1.54) is 27.7 Å². The van der Waals surface area contributed by atoms with Gasteiger partial charge in [-0.05, 0) is 49.7 Å². The molecule has 1 fully saturated rings. The first-order valence-electron chi connectivity index (χ1n) is 8.45. The van der Waals surface area contributed by atoms with Gasteiger partial charge in [0.2, 0.25) is 20.0 Å². The second-order valence-electron chi connectivity index (χ2n) is 6.53.